The van der Waals surface area contributed by atoms with E-state index in [0.29, 0.717) is 18.0 Å². The first-order chi connectivity index (χ1) is 12.0. The van der Waals surface area contributed by atoms with Crippen LogP contribution < -0.4 is 14.3 Å². The van der Waals surface area contributed by atoms with E-state index in [-0.39, 0.29) is 4.87 Å². The average Bonchev–Trinajstić information content (AvgIpc) is 2.90. The van der Waals surface area contributed by atoms with Gasteiger partial charge in [-0.25, -0.2) is 0 Å². The van der Waals surface area contributed by atoms with Crippen LogP contribution in [0.1, 0.15) is 6.92 Å². The second kappa shape index (κ2) is 7.41. The Labute approximate surface area is 157 Å². The molecular formula is C18H17BrN2O3S. The summed E-state index contributed by atoms with van der Waals surface area (Å²) >= 11 is 4.60. The van der Waals surface area contributed by atoms with Gasteiger partial charge in [0.25, 0.3) is 0 Å². The summed E-state index contributed by atoms with van der Waals surface area (Å²) in [6, 6.07) is 11.4. The fourth-order valence-electron chi connectivity index (χ4n) is 2.54. The van der Waals surface area contributed by atoms with Crippen LogP contribution in [0, 0.1) is 0 Å². The van der Waals surface area contributed by atoms with E-state index < -0.39 is 0 Å². The number of halogens is 1. The Kier molecular flexibility index (Phi) is 5.24. The monoisotopic (exact) mass is 420 g/mol. The predicted octanol–water partition coefficient (Wildman–Crippen LogP) is 4.64. The molecule has 130 valence electrons. The first kappa shape index (κ1) is 17.7. The fraction of sp³-hybridized carbons (Fsp3) is 0.222. The van der Waals surface area contributed by atoms with Crippen LogP contribution in [-0.2, 0) is 6.54 Å². The third-order valence-electron chi connectivity index (χ3n) is 3.71. The van der Waals surface area contributed by atoms with Gasteiger partial charge in [-0.3, -0.25) is 14.4 Å². The summed E-state index contributed by atoms with van der Waals surface area (Å²) in [7, 11) is 3.16. The van der Waals surface area contributed by atoms with Crippen molar-refractivity contribution in [3.63, 3.8) is 0 Å². The molecular weight excluding hydrogens is 404 g/mol. The highest BCUT2D eigenvalue weighted by Gasteiger charge is 2.13. The molecule has 0 saturated carbocycles. The van der Waals surface area contributed by atoms with E-state index in [4.69, 9.17) is 9.47 Å². The van der Waals surface area contributed by atoms with Crippen molar-refractivity contribution in [2.75, 3.05) is 14.2 Å². The van der Waals surface area contributed by atoms with Crippen molar-refractivity contribution in [3.05, 3.63) is 50.5 Å². The fourth-order valence-corrected chi connectivity index (χ4v) is 3.70. The third kappa shape index (κ3) is 3.77. The number of rotatable bonds is 5. The second-order valence-electron chi connectivity index (χ2n) is 5.45. The number of ether oxygens (including phenoxy) is 2. The molecule has 3 aromatic rings. The summed E-state index contributed by atoms with van der Waals surface area (Å²) in [5.41, 5.74) is 2.52. The highest BCUT2D eigenvalue weighted by Crippen LogP contribution is 2.33. The Morgan fingerprint density at radius 3 is 2.44 bits per heavy atom. The topological polar surface area (TPSA) is 52.8 Å². The molecule has 0 saturated heterocycles. The zero-order valence-corrected chi connectivity index (χ0v) is 16.5. The summed E-state index contributed by atoms with van der Waals surface area (Å²) in [6.45, 7) is 2.34. The number of hydrogen-bond donors (Lipinski definition) is 0. The number of fused-ring (bicyclic) bond motifs is 1. The lowest BCUT2D eigenvalue weighted by atomic mass is 10.2. The van der Waals surface area contributed by atoms with Gasteiger partial charge >= 0.3 is 4.87 Å². The van der Waals surface area contributed by atoms with Crippen LogP contribution >= 0.6 is 27.3 Å². The number of aromatic nitrogens is 1. The zero-order valence-electron chi connectivity index (χ0n) is 14.1. The second-order valence-corrected chi connectivity index (χ2v) is 7.36. The Bertz CT molecular complexity index is 990. The van der Waals surface area contributed by atoms with E-state index in [9.17, 15) is 4.79 Å². The number of aliphatic imine (C=N–C) groups is 1. The van der Waals surface area contributed by atoms with Crippen LogP contribution in [0.5, 0.6) is 11.5 Å². The van der Waals surface area contributed by atoms with Crippen molar-refractivity contribution in [2.24, 2.45) is 4.99 Å². The lowest BCUT2D eigenvalue weighted by Gasteiger charge is -2.09. The summed E-state index contributed by atoms with van der Waals surface area (Å²) in [5, 5.41) is 0. The summed E-state index contributed by atoms with van der Waals surface area (Å²) < 4.78 is 14.2. The molecule has 3 rings (SSSR count). The molecule has 0 aliphatic rings. The molecule has 0 spiro atoms. The van der Waals surface area contributed by atoms with Crippen LogP contribution in [0.15, 0.2) is 50.7 Å². The van der Waals surface area contributed by atoms with Gasteiger partial charge in [-0.2, -0.15) is 0 Å². The molecule has 1 aromatic heterocycles. The molecule has 0 unspecified atom stereocenters. The molecule has 0 radical (unpaired) electrons. The quantitative estimate of drug-likeness (QED) is 0.565. The van der Waals surface area contributed by atoms with E-state index in [1.807, 2.05) is 43.3 Å². The van der Waals surface area contributed by atoms with Crippen LogP contribution in [0.25, 0.3) is 10.2 Å². The number of thiazole rings is 1. The Morgan fingerprint density at radius 1 is 1.16 bits per heavy atom. The van der Waals surface area contributed by atoms with Crippen LogP contribution in [0.4, 0.5) is 5.69 Å². The molecule has 0 N–H and O–H groups in total. The van der Waals surface area contributed by atoms with Gasteiger partial charge < -0.3 is 9.47 Å². The van der Waals surface area contributed by atoms with E-state index in [1.165, 1.54) is 11.3 Å². The first-order valence-corrected chi connectivity index (χ1v) is 9.18. The third-order valence-corrected chi connectivity index (χ3v) is 5.18. The summed E-state index contributed by atoms with van der Waals surface area (Å²) in [6.07, 6.45) is 0. The molecule has 0 bridgehead atoms. The smallest absolute Gasteiger partial charge is 0.308 e. The standard InChI is InChI=1S/C18H17BrN2O3S/c1-11(20-13-6-4-12(19)5-7-13)10-21-14-8-15(23-2)16(24-3)9-17(14)25-18(21)22/h4-9H,10H2,1-3H3. The van der Waals surface area contributed by atoms with Crippen molar-refractivity contribution in [1.29, 1.82) is 0 Å². The van der Waals surface area contributed by atoms with Crippen molar-refractivity contribution in [1.82, 2.24) is 4.57 Å². The number of nitrogens with zero attached hydrogens (tertiary/aromatic N) is 2. The molecule has 25 heavy (non-hydrogen) atoms. The minimum atomic E-state index is -0.0318. The normalized spacial score (nSPS) is 11.8. The van der Waals surface area contributed by atoms with Gasteiger partial charge in [-0.1, -0.05) is 27.3 Å². The SMILES string of the molecule is COc1cc2sc(=O)n(CC(C)=Nc3ccc(Br)cc3)c2cc1OC. The molecule has 0 aliphatic heterocycles. The van der Waals surface area contributed by atoms with Gasteiger partial charge in [0.1, 0.15) is 0 Å². The predicted molar refractivity (Wildman–Crippen MR) is 106 cm³/mol. The molecule has 1 heterocycles. The van der Waals surface area contributed by atoms with E-state index in [0.717, 1.165) is 26.1 Å². The lowest BCUT2D eigenvalue weighted by Crippen LogP contribution is -2.17. The number of methoxy groups -OCH3 is 2. The van der Waals surface area contributed by atoms with Crippen molar-refractivity contribution in [3.8, 4) is 11.5 Å². The van der Waals surface area contributed by atoms with Gasteiger partial charge in [0, 0.05) is 22.3 Å². The largest absolute Gasteiger partial charge is 0.493 e. The molecule has 2 aromatic carbocycles. The highest BCUT2D eigenvalue weighted by atomic mass is 79.9. The maximum absolute atomic E-state index is 12.4. The van der Waals surface area contributed by atoms with Crippen molar-refractivity contribution >= 4 is 48.9 Å². The molecule has 0 atom stereocenters. The molecule has 0 amide bonds. The zero-order chi connectivity index (χ0) is 18.0. The van der Waals surface area contributed by atoms with E-state index in [2.05, 4.69) is 20.9 Å². The van der Waals surface area contributed by atoms with Gasteiger partial charge in [0.05, 0.1) is 36.7 Å². The summed E-state index contributed by atoms with van der Waals surface area (Å²) in [4.78, 5) is 17.0. The van der Waals surface area contributed by atoms with Gasteiger partial charge in [-0.15, -0.1) is 0 Å². The Balaban J connectivity index is 1.99. The van der Waals surface area contributed by atoms with Gasteiger partial charge in [0.2, 0.25) is 0 Å². The molecule has 0 fully saturated rings. The molecule has 5 nitrogen and oxygen atoms in total. The van der Waals surface area contributed by atoms with Crippen molar-refractivity contribution < 1.29 is 9.47 Å². The highest BCUT2D eigenvalue weighted by molar-refractivity contribution is 9.10. The number of hydrogen-bond acceptors (Lipinski definition) is 5. The Hall–Kier alpha value is -2.12. The summed E-state index contributed by atoms with van der Waals surface area (Å²) in [5.74, 6) is 1.22. The van der Waals surface area contributed by atoms with Gasteiger partial charge in [-0.05, 0) is 31.2 Å². The van der Waals surface area contributed by atoms with Crippen LogP contribution in [0.2, 0.25) is 0 Å². The minimum Gasteiger partial charge on any atom is -0.493 e. The first-order valence-electron chi connectivity index (χ1n) is 7.57. The Morgan fingerprint density at radius 2 is 1.80 bits per heavy atom. The average molecular weight is 421 g/mol. The van der Waals surface area contributed by atoms with E-state index in [1.54, 1.807) is 18.8 Å². The number of benzene rings is 2. The van der Waals surface area contributed by atoms with Crippen LogP contribution in [0.3, 0.4) is 0 Å². The maximum Gasteiger partial charge on any atom is 0.308 e. The lowest BCUT2D eigenvalue weighted by molar-refractivity contribution is 0.356. The van der Waals surface area contributed by atoms with E-state index >= 15 is 0 Å². The molecule has 0 aliphatic carbocycles. The minimum absolute atomic E-state index is 0.0318. The van der Waals surface area contributed by atoms with Gasteiger partial charge in [0.15, 0.2) is 11.5 Å². The van der Waals surface area contributed by atoms with Crippen molar-refractivity contribution in [2.45, 2.75) is 13.5 Å². The molecule has 7 heteroatoms. The maximum atomic E-state index is 12.4. The van der Waals surface area contributed by atoms with Crippen LogP contribution in [-0.4, -0.2) is 24.5 Å².